The van der Waals surface area contributed by atoms with Gasteiger partial charge in [0.1, 0.15) is 6.61 Å². The summed E-state index contributed by atoms with van der Waals surface area (Å²) in [4.78, 5) is 10.9. The van der Waals surface area contributed by atoms with Crippen molar-refractivity contribution in [2.24, 2.45) is 5.73 Å². The number of nitrogens with two attached hydrogens (primary N) is 1. The third-order valence-electron chi connectivity index (χ3n) is 2.17. The van der Waals surface area contributed by atoms with Crippen molar-refractivity contribution in [3.05, 3.63) is 0 Å². The molecular weight excluding hydrogens is 170 g/mol. The van der Waals surface area contributed by atoms with Crippen LogP contribution in [0.15, 0.2) is 0 Å². The van der Waals surface area contributed by atoms with Crippen molar-refractivity contribution < 1.29 is 14.3 Å². The van der Waals surface area contributed by atoms with E-state index >= 15 is 0 Å². The fraction of sp³-hybridized carbons (Fsp3) is 0.889. The Morgan fingerprint density at radius 2 is 2.31 bits per heavy atom. The van der Waals surface area contributed by atoms with Crippen molar-refractivity contribution in [3.63, 3.8) is 0 Å². The second-order valence-electron chi connectivity index (χ2n) is 3.31. The predicted molar refractivity (Wildman–Crippen MR) is 48.2 cm³/mol. The van der Waals surface area contributed by atoms with Crippen LogP contribution in [0.3, 0.4) is 0 Å². The van der Waals surface area contributed by atoms with Gasteiger partial charge in [-0.3, -0.25) is 0 Å². The average Bonchev–Trinajstić information content (AvgIpc) is 2.49. The van der Waals surface area contributed by atoms with Crippen LogP contribution in [-0.4, -0.2) is 31.3 Å². The summed E-state index contributed by atoms with van der Waals surface area (Å²) in [5, 5.41) is 0. The molecule has 2 N–H and O–H groups in total. The first-order chi connectivity index (χ1) is 6.22. The van der Waals surface area contributed by atoms with Gasteiger partial charge in [0.15, 0.2) is 0 Å². The second kappa shape index (κ2) is 5.19. The van der Waals surface area contributed by atoms with Gasteiger partial charge in [-0.25, -0.2) is 4.79 Å². The van der Waals surface area contributed by atoms with Gasteiger partial charge in [0, 0.05) is 6.04 Å². The van der Waals surface area contributed by atoms with Crippen LogP contribution in [0.1, 0.15) is 26.2 Å². The topological polar surface area (TPSA) is 61.5 Å². The quantitative estimate of drug-likeness (QED) is 0.649. The molecule has 0 bridgehead atoms. The van der Waals surface area contributed by atoms with Crippen molar-refractivity contribution in [1.29, 1.82) is 0 Å². The lowest BCUT2D eigenvalue weighted by atomic mass is 10.3. The number of carbonyl (C=O) groups is 1. The monoisotopic (exact) mass is 187 g/mol. The Morgan fingerprint density at radius 1 is 1.54 bits per heavy atom. The molecule has 0 saturated heterocycles. The van der Waals surface area contributed by atoms with Crippen molar-refractivity contribution in [1.82, 2.24) is 0 Å². The number of esters is 1. The van der Waals surface area contributed by atoms with Gasteiger partial charge in [-0.05, 0) is 26.2 Å². The van der Waals surface area contributed by atoms with Crippen LogP contribution in [0.25, 0.3) is 0 Å². The summed E-state index contributed by atoms with van der Waals surface area (Å²) in [6, 6.07) is 0.243. The van der Waals surface area contributed by atoms with Gasteiger partial charge in [-0.15, -0.1) is 0 Å². The molecule has 1 fully saturated rings. The SMILES string of the molecule is CCOC(=O)COC1CCC(N)C1. The molecule has 0 amide bonds. The van der Waals surface area contributed by atoms with Crippen molar-refractivity contribution in [2.45, 2.75) is 38.3 Å². The molecule has 0 spiro atoms. The van der Waals surface area contributed by atoms with Crippen LogP contribution in [-0.2, 0) is 14.3 Å². The molecule has 1 aliphatic rings. The van der Waals surface area contributed by atoms with Gasteiger partial charge >= 0.3 is 5.97 Å². The zero-order chi connectivity index (χ0) is 9.68. The fourth-order valence-corrected chi connectivity index (χ4v) is 1.51. The highest BCUT2D eigenvalue weighted by molar-refractivity contribution is 5.70. The number of hydrogen-bond donors (Lipinski definition) is 1. The molecule has 4 heteroatoms. The van der Waals surface area contributed by atoms with E-state index in [4.69, 9.17) is 15.2 Å². The van der Waals surface area contributed by atoms with Gasteiger partial charge in [0.2, 0.25) is 0 Å². The number of carbonyl (C=O) groups excluding carboxylic acids is 1. The molecular formula is C9H17NO3. The van der Waals surface area contributed by atoms with Gasteiger partial charge in [0.25, 0.3) is 0 Å². The Labute approximate surface area is 78.4 Å². The van der Waals surface area contributed by atoms with E-state index in [1.807, 2.05) is 0 Å². The highest BCUT2D eigenvalue weighted by atomic mass is 16.6. The van der Waals surface area contributed by atoms with E-state index < -0.39 is 0 Å². The minimum absolute atomic E-state index is 0.0607. The first-order valence-electron chi connectivity index (χ1n) is 4.75. The Bertz CT molecular complexity index is 172. The minimum atomic E-state index is -0.289. The Hall–Kier alpha value is -0.610. The van der Waals surface area contributed by atoms with Crippen LogP contribution in [0.4, 0.5) is 0 Å². The molecule has 4 nitrogen and oxygen atoms in total. The number of ether oxygens (including phenoxy) is 2. The van der Waals surface area contributed by atoms with E-state index in [1.165, 1.54) is 0 Å². The van der Waals surface area contributed by atoms with Gasteiger partial charge in [-0.2, -0.15) is 0 Å². The van der Waals surface area contributed by atoms with Crippen molar-refractivity contribution in [2.75, 3.05) is 13.2 Å². The highest BCUT2D eigenvalue weighted by Gasteiger charge is 2.22. The van der Waals surface area contributed by atoms with E-state index in [0.717, 1.165) is 19.3 Å². The van der Waals surface area contributed by atoms with Crippen LogP contribution in [0.5, 0.6) is 0 Å². The molecule has 0 aromatic carbocycles. The summed E-state index contributed by atoms with van der Waals surface area (Å²) in [6.45, 7) is 2.25. The summed E-state index contributed by atoms with van der Waals surface area (Å²) in [7, 11) is 0. The van der Waals surface area contributed by atoms with Crippen LogP contribution in [0, 0.1) is 0 Å². The molecule has 76 valence electrons. The predicted octanol–water partition coefficient (Wildman–Crippen LogP) is 0.446. The minimum Gasteiger partial charge on any atom is -0.464 e. The Balaban J connectivity index is 2.09. The van der Waals surface area contributed by atoms with E-state index in [9.17, 15) is 4.79 Å². The lowest BCUT2D eigenvalue weighted by Gasteiger charge is -2.10. The molecule has 0 aromatic rings. The maximum atomic E-state index is 10.9. The molecule has 1 saturated carbocycles. The highest BCUT2D eigenvalue weighted by Crippen LogP contribution is 2.19. The summed E-state index contributed by atoms with van der Waals surface area (Å²) in [5.74, 6) is -0.289. The fourth-order valence-electron chi connectivity index (χ4n) is 1.51. The molecule has 0 radical (unpaired) electrons. The first kappa shape index (κ1) is 10.5. The maximum Gasteiger partial charge on any atom is 0.332 e. The molecule has 13 heavy (non-hydrogen) atoms. The average molecular weight is 187 g/mol. The second-order valence-corrected chi connectivity index (χ2v) is 3.31. The number of hydrogen-bond acceptors (Lipinski definition) is 4. The third kappa shape index (κ3) is 3.74. The van der Waals surface area contributed by atoms with E-state index in [1.54, 1.807) is 6.92 Å². The Kier molecular flexibility index (Phi) is 4.18. The molecule has 0 heterocycles. The van der Waals surface area contributed by atoms with E-state index in [-0.39, 0.29) is 24.7 Å². The lowest BCUT2D eigenvalue weighted by molar-refractivity contribution is -0.150. The van der Waals surface area contributed by atoms with Gasteiger partial charge in [-0.1, -0.05) is 0 Å². The lowest BCUT2D eigenvalue weighted by Crippen LogP contribution is -2.21. The smallest absolute Gasteiger partial charge is 0.332 e. The zero-order valence-electron chi connectivity index (χ0n) is 7.99. The molecule has 2 atom stereocenters. The molecule has 1 rings (SSSR count). The third-order valence-corrected chi connectivity index (χ3v) is 2.17. The maximum absolute atomic E-state index is 10.9. The van der Waals surface area contributed by atoms with Crippen LogP contribution >= 0.6 is 0 Å². The molecule has 0 aromatic heterocycles. The van der Waals surface area contributed by atoms with Crippen molar-refractivity contribution >= 4 is 5.97 Å². The van der Waals surface area contributed by atoms with E-state index in [0.29, 0.717) is 6.61 Å². The van der Waals surface area contributed by atoms with E-state index in [2.05, 4.69) is 0 Å². The molecule has 1 aliphatic carbocycles. The standard InChI is InChI=1S/C9H17NO3/c1-2-12-9(11)6-13-8-4-3-7(10)5-8/h7-8H,2-6,10H2,1H3. The normalized spacial score (nSPS) is 27.5. The van der Waals surface area contributed by atoms with Crippen LogP contribution < -0.4 is 5.73 Å². The molecule has 2 unspecified atom stereocenters. The molecule has 0 aliphatic heterocycles. The zero-order valence-corrected chi connectivity index (χ0v) is 7.99. The van der Waals surface area contributed by atoms with Crippen LogP contribution in [0.2, 0.25) is 0 Å². The Morgan fingerprint density at radius 3 is 2.85 bits per heavy atom. The summed E-state index contributed by atoms with van der Waals surface area (Å²) >= 11 is 0. The van der Waals surface area contributed by atoms with Crippen molar-refractivity contribution in [3.8, 4) is 0 Å². The number of rotatable bonds is 4. The van der Waals surface area contributed by atoms with Gasteiger partial charge < -0.3 is 15.2 Å². The largest absolute Gasteiger partial charge is 0.464 e. The van der Waals surface area contributed by atoms with Gasteiger partial charge in [0.05, 0.1) is 12.7 Å². The summed E-state index contributed by atoms with van der Waals surface area (Å²) in [5.41, 5.74) is 5.69. The first-order valence-corrected chi connectivity index (χ1v) is 4.75. The summed E-state index contributed by atoms with van der Waals surface area (Å²) < 4.78 is 10.1. The summed E-state index contributed by atoms with van der Waals surface area (Å²) in [6.07, 6.45) is 2.97.